The number of carbonyl (C=O) groups is 1. The second kappa shape index (κ2) is 11.9. The summed E-state index contributed by atoms with van der Waals surface area (Å²) in [5.41, 5.74) is 3.55. The first-order valence-electron chi connectivity index (χ1n) is 12.4. The number of hydrogen-bond donors (Lipinski definition) is 1. The Morgan fingerprint density at radius 3 is 2.08 bits per heavy atom. The minimum Gasteiger partial charge on any atom is -0.306 e. The highest BCUT2D eigenvalue weighted by atomic mass is 35.5. The first kappa shape index (κ1) is 30.0. The van der Waals surface area contributed by atoms with Crippen molar-refractivity contribution in [2.75, 3.05) is 25.0 Å². The Hall–Kier alpha value is -2.22. The van der Waals surface area contributed by atoms with Gasteiger partial charge in [-0.25, -0.2) is 14.6 Å². The molecule has 9 heteroatoms. The molecule has 1 amide bonds. The van der Waals surface area contributed by atoms with E-state index in [2.05, 4.69) is 72.9 Å². The molecule has 0 radical (unpaired) electrons. The van der Waals surface area contributed by atoms with Crippen molar-refractivity contribution in [3.63, 3.8) is 0 Å². The average Bonchev–Trinajstić information content (AvgIpc) is 3.21. The monoisotopic (exact) mass is 534 g/mol. The summed E-state index contributed by atoms with van der Waals surface area (Å²) in [5.74, 6) is 0.329. The van der Waals surface area contributed by atoms with Crippen molar-refractivity contribution in [1.82, 2.24) is 24.6 Å². The maximum absolute atomic E-state index is 13.3. The maximum Gasteiger partial charge on any atom is 0.256 e. The molecule has 0 bridgehead atoms. The van der Waals surface area contributed by atoms with Crippen LogP contribution in [0.4, 0.5) is 5.82 Å². The molecule has 0 unspecified atom stereocenters. The topological polar surface area (TPSA) is 75.9 Å². The number of carbonyl (C=O) groups excluding carboxylic acids is 1. The van der Waals surface area contributed by atoms with Crippen molar-refractivity contribution >= 4 is 47.6 Å². The third-order valence-electron chi connectivity index (χ3n) is 6.67. The molecule has 1 aliphatic heterocycles. The molecule has 36 heavy (non-hydrogen) atoms. The molecule has 1 N–H and O–H groups in total. The van der Waals surface area contributed by atoms with Gasteiger partial charge in [-0.1, -0.05) is 54.0 Å². The summed E-state index contributed by atoms with van der Waals surface area (Å²) in [6.07, 6.45) is 7.13. The van der Waals surface area contributed by atoms with Crippen LogP contribution in [0.15, 0.2) is 30.7 Å². The van der Waals surface area contributed by atoms with Gasteiger partial charge in [-0.3, -0.25) is 4.79 Å². The Balaban J connectivity index is 0.00000228. The van der Waals surface area contributed by atoms with Gasteiger partial charge < -0.3 is 10.2 Å². The fraction of sp³-hybridized carbons (Fsp3) is 0.556. The van der Waals surface area contributed by atoms with Crippen molar-refractivity contribution in [2.24, 2.45) is 0 Å². The highest BCUT2D eigenvalue weighted by Gasteiger charge is 2.23. The van der Waals surface area contributed by atoms with E-state index in [1.54, 1.807) is 6.20 Å². The average molecular weight is 536 g/mol. The predicted molar refractivity (Wildman–Crippen MR) is 152 cm³/mol. The Bertz CT molecular complexity index is 1140. The van der Waals surface area contributed by atoms with Crippen LogP contribution in [-0.2, 0) is 17.4 Å². The van der Waals surface area contributed by atoms with E-state index < -0.39 is 0 Å². The number of nitrogens with one attached hydrogen (secondary N) is 1. The molecule has 3 aromatic rings. The van der Waals surface area contributed by atoms with Gasteiger partial charge in [-0.15, -0.1) is 24.8 Å². The van der Waals surface area contributed by atoms with Crippen LogP contribution >= 0.6 is 24.8 Å². The number of halogens is 2. The number of aromatic nitrogens is 4. The molecule has 1 aromatic carbocycles. The van der Waals surface area contributed by atoms with Gasteiger partial charge in [0.05, 0.1) is 18.1 Å². The van der Waals surface area contributed by atoms with Gasteiger partial charge in [0, 0.05) is 12.1 Å². The Morgan fingerprint density at radius 2 is 1.50 bits per heavy atom. The zero-order valence-electron chi connectivity index (χ0n) is 22.3. The molecule has 0 atom stereocenters. The highest BCUT2D eigenvalue weighted by Crippen LogP contribution is 2.31. The first-order valence-corrected chi connectivity index (χ1v) is 12.4. The summed E-state index contributed by atoms with van der Waals surface area (Å²) in [4.78, 5) is 24.7. The molecule has 7 nitrogen and oxygen atoms in total. The second-order valence-corrected chi connectivity index (χ2v) is 11.5. The fourth-order valence-electron chi connectivity index (χ4n) is 4.38. The quantitative estimate of drug-likeness (QED) is 0.434. The Labute approximate surface area is 227 Å². The Kier molecular flexibility index (Phi) is 9.91. The molecule has 1 saturated heterocycles. The van der Waals surface area contributed by atoms with E-state index >= 15 is 0 Å². The van der Waals surface area contributed by atoms with Crippen LogP contribution in [0.2, 0.25) is 0 Å². The lowest BCUT2D eigenvalue weighted by Crippen LogP contribution is -2.32. The Morgan fingerprint density at radius 1 is 0.889 bits per heavy atom. The van der Waals surface area contributed by atoms with Crippen molar-refractivity contribution in [3.8, 4) is 0 Å². The molecule has 0 saturated carbocycles. The minimum atomic E-state index is -0.169. The summed E-state index contributed by atoms with van der Waals surface area (Å²) in [6.45, 7) is 17.1. The van der Waals surface area contributed by atoms with Gasteiger partial charge in [0.1, 0.15) is 12.1 Å². The van der Waals surface area contributed by atoms with E-state index in [-0.39, 0.29) is 41.6 Å². The smallest absolute Gasteiger partial charge is 0.256 e. The van der Waals surface area contributed by atoms with Crippen molar-refractivity contribution in [2.45, 2.75) is 78.2 Å². The SMILES string of the molecule is CC(C)(C)c1cc(C(=O)Nc2ncnc3c2cnn3CCN2CCCCC2)cc(C(C)(C)C)c1.Cl.Cl. The molecule has 1 fully saturated rings. The summed E-state index contributed by atoms with van der Waals surface area (Å²) in [6, 6.07) is 6.20. The van der Waals surface area contributed by atoms with Crippen LogP contribution in [0.25, 0.3) is 11.0 Å². The second-order valence-electron chi connectivity index (χ2n) is 11.5. The summed E-state index contributed by atoms with van der Waals surface area (Å²) in [7, 11) is 0. The number of hydrogen-bond acceptors (Lipinski definition) is 5. The summed E-state index contributed by atoms with van der Waals surface area (Å²) >= 11 is 0. The van der Waals surface area contributed by atoms with Crippen molar-refractivity contribution in [1.29, 1.82) is 0 Å². The largest absolute Gasteiger partial charge is 0.306 e. The van der Waals surface area contributed by atoms with Crippen LogP contribution in [0.1, 0.15) is 82.3 Å². The van der Waals surface area contributed by atoms with E-state index in [4.69, 9.17) is 0 Å². The molecule has 0 spiro atoms. The molecule has 198 valence electrons. The number of nitrogens with zero attached hydrogens (tertiary/aromatic N) is 5. The number of fused-ring (bicyclic) bond motifs is 1. The van der Waals surface area contributed by atoms with E-state index in [1.807, 2.05) is 16.8 Å². The van der Waals surface area contributed by atoms with Gasteiger partial charge in [0.2, 0.25) is 0 Å². The summed E-state index contributed by atoms with van der Waals surface area (Å²) in [5, 5.41) is 8.33. The lowest BCUT2D eigenvalue weighted by atomic mass is 9.79. The molecule has 1 aliphatic rings. The summed E-state index contributed by atoms with van der Waals surface area (Å²) < 4.78 is 1.92. The lowest BCUT2D eigenvalue weighted by molar-refractivity contribution is 0.102. The highest BCUT2D eigenvalue weighted by molar-refractivity contribution is 6.07. The fourth-order valence-corrected chi connectivity index (χ4v) is 4.38. The van der Waals surface area contributed by atoms with Crippen LogP contribution in [0.3, 0.4) is 0 Å². The van der Waals surface area contributed by atoms with Crippen LogP contribution < -0.4 is 5.32 Å². The van der Waals surface area contributed by atoms with Gasteiger partial charge >= 0.3 is 0 Å². The number of anilines is 1. The maximum atomic E-state index is 13.3. The van der Waals surface area contributed by atoms with Gasteiger partial charge in [0.15, 0.2) is 5.65 Å². The van der Waals surface area contributed by atoms with Gasteiger partial charge in [0.25, 0.3) is 5.91 Å². The van der Waals surface area contributed by atoms with E-state index in [1.165, 1.54) is 25.6 Å². The normalized spacial score (nSPS) is 14.7. The number of amides is 1. The lowest BCUT2D eigenvalue weighted by Gasteiger charge is -2.26. The van der Waals surface area contributed by atoms with Crippen molar-refractivity contribution < 1.29 is 4.79 Å². The van der Waals surface area contributed by atoms with E-state index in [9.17, 15) is 4.79 Å². The molecule has 3 heterocycles. The number of likely N-dealkylation sites (tertiary alicyclic amines) is 1. The minimum absolute atomic E-state index is 0. The van der Waals surface area contributed by atoms with Gasteiger partial charge in [-0.2, -0.15) is 5.10 Å². The van der Waals surface area contributed by atoms with Crippen molar-refractivity contribution in [3.05, 3.63) is 47.4 Å². The first-order chi connectivity index (χ1) is 16.0. The molecule has 2 aromatic heterocycles. The van der Waals surface area contributed by atoms with Crippen LogP contribution in [0.5, 0.6) is 0 Å². The third kappa shape index (κ3) is 6.96. The van der Waals surface area contributed by atoms with Gasteiger partial charge in [-0.05, 0) is 60.0 Å². The number of piperidine rings is 1. The predicted octanol–water partition coefficient (Wildman–Crippen LogP) is 6.00. The molecule has 4 rings (SSSR count). The zero-order valence-corrected chi connectivity index (χ0v) is 23.9. The standard InChI is InChI=1S/C27H38N6O.2ClH/c1-26(2,3)20-14-19(15-21(16-20)27(4,5)6)25(34)31-23-22-17-30-33(24(22)29-18-28-23)13-12-32-10-8-7-9-11-32;;/h14-18H,7-13H2,1-6H3,(H,28,29,31,34);2*1H. The van der Waals surface area contributed by atoms with E-state index in [0.29, 0.717) is 11.4 Å². The number of rotatable bonds is 5. The molecular weight excluding hydrogens is 495 g/mol. The third-order valence-corrected chi connectivity index (χ3v) is 6.67. The molecule has 0 aliphatic carbocycles. The number of benzene rings is 1. The molecular formula is C27H40Cl2N6O. The van der Waals surface area contributed by atoms with E-state index in [0.717, 1.165) is 48.3 Å². The zero-order chi connectivity index (χ0) is 24.5. The van der Waals surface area contributed by atoms with Crippen LogP contribution in [-0.4, -0.2) is 50.2 Å². The van der Waals surface area contributed by atoms with Crippen LogP contribution in [0, 0.1) is 0 Å².